The molecular weight excluding hydrogens is 371 g/mol. The van der Waals surface area contributed by atoms with Gasteiger partial charge in [-0.05, 0) is 50.1 Å². The number of amides is 1. The Labute approximate surface area is 168 Å². The Balaban J connectivity index is 1.57. The maximum absolute atomic E-state index is 13.9. The second-order valence-corrected chi connectivity index (χ2v) is 7.31. The van der Waals surface area contributed by atoms with Crippen LogP contribution in [0, 0.1) is 25.6 Å². The van der Waals surface area contributed by atoms with E-state index in [1.165, 1.54) is 12.1 Å². The number of hydrogen-bond donors (Lipinski definition) is 1. The van der Waals surface area contributed by atoms with Crippen molar-refractivity contribution in [2.75, 3.05) is 11.9 Å². The van der Waals surface area contributed by atoms with Crippen molar-refractivity contribution in [3.63, 3.8) is 0 Å². The van der Waals surface area contributed by atoms with Crippen LogP contribution in [0.2, 0.25) is 0 Å². The molecule has 7 heteroatoms. The number of benzene rings is 1. The van der Waals surface area contributed by atoms with Gasteiger partial charge in [-0.15, -0.1) is 0 Å². The molecule has 29 heavy (non-hydrogen) atoms. The van der Waals surface area contributed by atoms with E-state index in [1.54, 1.807) is 36.8 Å². The lowest BCUT2D eigenvalue weighted by molar-refractivity contribution is -0.117. The number of rotatable bonds is 6. The first-order chi connectivity index (χ1) is 14.0. The normalized spacial score (nSPS) is 20.2. The van der Waals surface area contributed by atoms with Crippen LogP contribution in [-0.4, -0.2) is 27.5 Å². The van der Waals surface area contributed by atoms with Gasteiger partial charge in [0.15, 0.2) is 5.75 Å². The van der Waals surface area contributed by atoms with Gasteiger partial charge in [-0.25, -0.2) is 14.4 Å². The number of anilines is 1. The molecule has 0 radical (unpaired) electrons. The van der Waals surface area contributed by atoms with Crippen LogP contribution >= 0.6 is 0 Å². The van der Waals surface area contributed by atoms with E-state index >= 15 is 0 Å². The van der Waals surface area contributed by atoms with Crippen LogP contribution < -0.4 is 10.1 Å². The molecule has 4 rings (SSSR count). The summed E-state index contributed by atoms with van der Waals surface area (Å²) in [5, 5.41) is 2.88. The monoisotopic (exact) mass is 392 g/mol. The Morgan fingerprint density at radius 3 is 2.86 bits per heavy atom. The molecule has 2 aromatic heterocycles. The number of nitrogens with zero attached hydrogens (tertiary/aromatic N) is 3. The third-order valence-electron chi connectivity index (χ3n) is 5.26. The lowest BCUT2D eigenvalue weighted by Crippen LogP contribution is -2.27. The Bertz CT molecular complexity index is 1040. The van der Waals surface area contributed by atoms with Crippen molar-refractivity contribution in [2.45, 2.75) is 25.7 Å². The minimum Gasteiger partial charge on any atom is -0.489 e. The number of ether oxygens (including phenoxy) is 1. The van der Waals surface area contributed by atoms with Gasteiger partial charge < -0.3 is 10.1 Å². The molecular formula is C22H21FN4O2. The third-order valence-corrected chi connectivity index (χ3v) is 5.26. The highest BCUT2D eigenvalue weighted by Crippen LogP contribution is 2.55. The van der Waals surface area contributed by atoms with Crippen LogP contribution in [0.3, 0.4) is 0 Å². The molecule has 2 heterocycles. The molecule has 0 saturated heterocycles. The minimum atomic E-state index is -0.605. The van der Waals surface area contributed by atoms with Crippen molar-refractivity contribution < 1.29 is 13.9 Å². The van der Waals surface area contributed by atoms with Gasteiger partial charge >= 0.3 is 0 Å². The van der Waals surface area contributed by atoms with E-state index in [0.29, 0.717) is 23.7 Å². The predicted molar refractivity (Wildman–Crippen MR) is 106 cm³/mol. The number of aryl methyl sites for hydroxylation is 2. The summed E-state index contributed by atoms with van der Waals surface area (Å²) in [6, 6.07) is 9.89. The molecule has 0 spiro atoms. The predicted octanol–water partition coefficient (Wildman–Crippen LogP) is 3.60. The van der Waals surface area contributed by atoms with Crippen molar-refractivity contribution in [3.8, 4) is 5.75 Å². The maximum atomic E-state index is 13.9. The first-order valence-electron chi connectivity index (χ1n) is 9.38. The van der Waals surface area contributed by atoms with E-state index in [9.17, 15) is 9.18 Å². The standard InChI is InChI=1S/C22H21FN4O2/c1-14-20(12-25-15(2)26-14)29-13-22(16-5-3-6-17(23)9-16)10-19(22)21(28)27-18-7-4-8-24-11-18/h3-9,11-12,19H,10,13H2,1-2H3,(H,27,28). The molecule has 1 aliphatic rings. The number of carbonyl (C=O) groups is 1. The van der Waals surface area contributed by atoms with E-state index in [1.807, 2.05) is 19.9 Å². The van der Waals surface area contributed by atoms with Crippen LogP contribution in [0.1, 0.15) is 23.5 Å². The quantitative estimate of drug-likeness (QED) is 0.694. The fraction of sp³-hybridized carbons (Fsp3) is 0.273. The van der Waals surface area contributed by atoms with Crippen LogP contribution in [0.5, 0.6) is 5.75 Å². The number of pyridine rings is 1. The van der Waals surface area contributed by atoms with E-state index in [-0.39, 0.29) is 24.2 Å². The summed E-state index contributed by atoms with van der Waals surface area (Å²) in [4.78, 5) is 25.4. The number of hydrogen-bond acceptors (Lipinski definition) is 5. The van der Waals surface area contributed by atoms with Crippen molar-refractivity contribution >= 4 is 11.6 Å². The van der Waals surface area contributed by atoms with Crippen molar-refractivity contribution in [1.82, 2.24) is 15.0 Å². The highest BCUT2D eigenvalue weighted by atomic mass is 19.1. The molecule has 6 nitrogen and oxygen atoms in total. The van der Waals surface area contributed by atoms with Gasteiger partial charge in [0.1, 0.15) is 11.6 Å². The lowest BCUT2D eigenvalue weighted by Gasteiger charge is -2.19. The Kier molecular flexibility index (Phi) is 4.96. The average molecular weight is 392 g/mol. The van der Waals surface area contributed by atoms with Gasteiger partial charge in [-0.3, -0.25) is 9.78 Å². The Hall–Kier alpha value is -3.35. The van der Waals surface area contributed by atoms with Crippen LogP contribution in [0.15, 0.2) is 55.0 Å². The smallest absolute Gasteiger partial charge is 0.228 e. The van der Waals surface area contributed by atoms with Gasteiger partial charge in [-0.2, -0.15) is 0 Å². The van der Waals surface area contributed by atoms with Gasteiger partial charge in [-0.1, -0.05) is 12.1 Å². The average Bonchev–Trinajstić information content (AvgIpc) is 3.44. The molecule has 3 aromatic rings. The summed E-state index contributed by atoms with van der Waals surface area (Å²) >= 11 is 0. The summed E-state index contributed by atoms with van der Waals surface area (Å²) < 4.78 is 19.9. The van der Waals surface area contributed by atoms with Crippen molar-refractivity contribution in [3.05, 3.63) is 77.9 Å². The largest absolute Gasteiger partial charge is 0.489 e. The molecule has 1 fully saturated rings. The molecule has 1 N–H and O–H groups in total. The summed E-state index contributed by atoms with van der Waals surface area (Å²) in [6.07, 6.45) is 5.43. The van der Waals surface area contributed by atoms with Gasteiger partial charge in [0, 0.05) is 11.6 Å². The minimum absolute atomic E-state index is 0.136. The van der Waals surface area contributed by atoms with Crippen LogP contribution in [0.4, 0.5) is 10.1 Å². The van der Waals surface area contributed by atoms with Crippen molar-refractivity contribution in [2.24, 2.45) is 5.92 Å². The summed E-state index contributed by atoms with van der Waals surface area (Å²) in [5.41, 5.74) is 1.49. The molecule has 2 atom stereocenters. The summed E-state index contributed by atoms with van der Waals surface area (Å²) in [6.45, 7) is 3.89. The van der Waals surface area contributed by atoms with Crippen molar-refractivity contribution in [1.29, 1.82) is 0 Å². The topological polar surface area (TPSA) is 77.0 Å². The molecule has 2 unspecified atom stereocenters. The lowest BCUT2D eigenvalue weighted by atomic mass is 9.93. The number of aromatic nitrogens is 3. The highest BCUT2D eigenvalue weighted by molar-refractivity contribution is 5.96. The van der Waals surface area contributed by atoms with E-state index in [0.717, 1.165) is 11.3 Å². The Morgan fingerprint density at radius 2 is 2.14 bits per heavy atom. The Morgan fingerprint density at radius 1 is 1.28 bits per heavy atom. The first kappa shape index (κ1) is 19.0. The van der Waals surface area contributed by atoms with Crippen LogP contribution in [-0.2, 0) is 10.2 Å². The van der Waals surface area contributed by atoms with Gasteiger partial charge in [0.25, 0.3) is 0 Å². The summed E-state index contributed by atoms with van der Waals surface area (Å²) in [7, 11) is 0. The molecule has 0 bridgehead atoms. The third kappa shape index (κ3) is 3.94. The highest BCUT2D eigenvalue weighted by Gasteiger charge is 2.60. The second-order valence-electron chi connectivity index (χ2n) is 7.31. The van der Waals surface area contributed by atoms with E-state index in [2.05, 4.69) is 20.3 Å². The van der Waals surface area contributed by atoms with Gasteiger partial charge in [0.05, 0.1) is 36.3 Å². The SMILES string of the molecule is Cc1ncc(OCC2(c3cccc(F)c3)CC2C(=O)Nc2cccnc2)c(C)n1. The first-order valence-corrected chi connectivity index (χ1v) is 9.38. The van der Waals surface area contributed by atoms with E-state index in [4.69, 9.17) is 4.74 Å². The molecule has 0 aliphatic heterocycles. The zero-order valence-corrected chi connectivity index (χ0v) is 16.2. The second kappa shape index (κ2) is 7.58. The molecule has 1 aliphatic carbocycles. The molecule has 1 aromatic carbocycles. The fourth-order valence-corrected chi connectivity index (χ4v) is 3.60. The van der Waals surface area contributed by atoms with Gasteiger partial charge in [0.2, 0.25) is 5.91 Å². The van der Waals surface area contributed by atoms with E-state index < -0.39 is 5.41 Å². The zero-order chi connectivity index (χ0) is 20.4. The van der Waals surface area contributed by atoms with Crippen LogP contribution in [0.25, 0.3) is 0 Å². The molecule has 148 valence electrons. The molecule has 1 saturated carbocycles. The number of nitrogens with one attached hydrogen (secondary N) is 1. The fourth-order valence-electron chi connectivity index (χ4n) is 3.60. The zero-order valence-electron chi connectivity index (χ0n) is 16.2. The number of carbonyl (C=O) groups excluding carboxylic acids is 1. The summed E-state index contributed by atoms with van der Waals surface area (Å²) in [5.74, 6) is 0.411. The molecule has 1 amide bonds. The number of halogens is 1. The maximum Gasteiger partial charge on any atom is 0.228 e.